The molecule has 5 nitrogen and oxygen atoms in total. The van der Waals surface area contributed by atoms with Crippen molar-refractivity contribution in [2.75, 3.05) is 31.5 Å². The largest absolute Gasteiger partial charge is 0.346 e. The minimum atomic E-state index is -0.272. The van der Waals surface area contributed by atoms with E-state index in [9.17, 15) is 8.78 Å². The Bertz CT molecular complexity index is 1120. The fourth-order valence-corrected chi connectivity index (χ4v) is 4.50. The molecule has 1 N–H and O–H groups in total. The molecule has 0 unspecified atom stereocenters. The third kappa shape index (κ3) is 5.51. The fraction of sp³-hybridized carbons (Fsp3) is 0.333. The molecule has 3 aromatic rings. The zero-order valence-corrected chi connectivity index (χ0v) is 20.2. The van der Waals surface area contributed by atoms with Crippen LogP contribution in [0.5, 0.6) is 0 Å². The molecule has 0 atom stereocenters. The number of piperazine rings is 1. The van der Waals surface area contributed by atoms with E-state index in [4.69, 9.17) is 23.8 Å². The van der Waals surface area contributed by atoms with Gasteiger partial charge in [0.15, 0.2) is 5.11 Å². The molecule has 0 amide bonds. The quantitative estimate of drug-likeness (QED) is 0.511. The van der Waals surface area contributed by atoms with Crippen LogP contribution < -0.4 is 5.32 Å². The Balaban J connectivity index is 1.35. The topological polar surface area (TPSA) is 36.3 Å². The zero-order valence-electron chi connectivity index (χ0n) is 18.6. The lowest BCUT2D eigenvalue weighted by Gasteiger charge is -2.36. The highest BCUT2D eigenvalue weighted by atomic mass is 35.5. The van der Waals surface area contributed by atoms with E-state index in [1.54, 1.807) is 24.3 Å². The molecule has 33 heavy (non-hydrogen) atoms. The van der Waals surface area contributed by atoms with Crippen molar-refractivity contribution in [3.05, 3.63) is 81.6 Å². The minimum absolute atomic E-state index is 0.253. The lowest BCUT2D eigenvalue weighted by atomic mass is 10.2. The molecule has 4 rings (SSSR count). The van der Waals surface area contributed by atoms with E-state index >= 15 is 0 Å². The summed E-state index contributed by atoms with van der Waals surface area (Å²) in [6, 6.07) is 11.2. The van der Waals surface area contributed by atoms with E-state index in [1.165, 1.54) is 18.2 Å². The molecule has 174 valence electrons. The zero-order chi connectivity index (χ0) is 23.5. The molecule has 0 radical (unpaired) electrons. The van der Waals surface area contributed by atoms with Crippen LogP contribution in [0.2, 0.25) is 5.02 Å². The van der Waals surface area contributed by atoms with Crippen LogP contribution in [-0.2, 0) is 13.1 Å². The minimum Gasteiger partial charge on any atom is -0.346 e. The van der Waals surface area contributed by atoms with Crippen LogP contribution in [0.4, 0.5) is 14.5 Å². The number of nitrogens with one attached hydrogen (secondary N) is 1. The van der Waals surface area contributed by atoms with Crippen LogP contribution in [0.15, 0.2) is 42.5 Å². The summed E-state index contributed by atoms with van der Waals surface area (Å²) in [7, 11) is 0. The molecule has 2 aromatic carbocycles. The van der Waals surface area contributed by atoms with E-state index in [-0.39, 0.29) is 11.6 Å². The van der Waals surface area contributed by atoms with Crippen LogP contribution in [0.1, 0.15) is 22.5 Å². The molecular formula is C24H26ClF2N5S. The Morgan fingerprint density at radius 3 is 2.39 bits per heavy atom. The standard InChI is InChI=1S/C24H26ClF2N5S/c1-16-23(17(2)32(29-16)14-18-6-8-19(26)9-7-18)28-24(33)31-12-10-30(11-13-31)15-20-21(25)4-3-5-22(20)27/h3-9H,10-15H2,1-2H3,(H,28,33). The van der Waals surface area contributed by atoms with Crippen molar-refractivity contribution < 1.29 is 8.78 Å². The summed E-state index contributed by atoms with van der Waals surface area (Å²) in [6.07, 6.45) is 0. The summed E-state index contributed by atoms with van der Waals surface area (Å²) in [4.78, 5) is 4.30. The molecular weight excluding hydrogens is 464 g/mol. The highest BCUT2D eigenvalue weighted by Crippen LogP contribution is 2.23. The Morgan fingerprint density at radius 1 is 1.03 bits per heavy atom. The van der Waals surface area contributed by atoms with E-state index < -0.39 is 0 Å². The molecule has 1 saturated heterocycles. The van der Waals surface area contributed by atoms with Crippen molar-refractivity contribution in [2.24, 2.45) is 0 Å². The summed E-state index contributed by atoms with van der Waals surface area (Å²) in [5.41, 5.74) is 4.22. The first-order valence-electron chi connectivity index (χ1n) is 10.8. The Labute approximate surface area is 202 Å². The summed E-state index contributed by atoms with van der Waals surface area (Å²) < 4.78 is 29.2. The van der Waals surface area contributed by atoms with Crippen molar-refractivity contribution in [2.45, 2.75) is 26.9 Å². The number of anilines is 1. The van der Waals surface area contributed by atoms with Gasteiger partial charge in [-0.15, -0.1) is 0 Å². The first-order chi connectivity index (χ1) is 15.8. The summed E-state index contributed by atoms with van der Waals surface area (Å²) >= 11 is 11.9. The number of hydrogen-bond acceptors (Lipinski definition) is 3. The van der Waals surface area contributed by atoms with Crippen LogP contribution in [0, 0.1) is 25.5 Å². The first kappa shape index (κ1) is 23.6. The van der Waals surface area contributed by atoms with E-state index in [0.29, 0.717) is 28.8 Å². The van der Waals surface area contributed by atoms with Crippen molar-refractivity contribution in [3.8, 4) is 0 Å². The fourth-order valence-electron chi connectivity index (χ4n) is 4.00. The Morgan fingerprint density at radius 2 is 1.73 bits per heavy atom. The number of aryl methyl sites for hydroxylation is 1. The predicted molar refractivity (Wildman–Crippen MR) is 132 cm³/mol. The molecule has 1 fully saturated rings. The number of rotatable bonds is 5. The van der Waals surface area contributed by atoms with Gasteiger partial charge in [0.2, 0.25) is 0 Å². The third-order valence-electron chi connectivity index (χ3n) is 5.96. The maximum absolute atomic E-state index is 14.1. The van der Waals surface area contributed by atoms with Crippen molar-refractivity contribution in [1.29, 1.82) is 0 Å². The van der Waals surface area contributed by atoms with Crippen molar-refractivity contribution >= 4 is 34.6 Å². The number of nitrogens with zero attached hydrogens (tertiary/aromatic N) is 4. The maximum Gasteiger partial charge on any atom is 0.173 e. The molecule has 2 heterocycles. The third-order valence-corrected chi connectivity index (χ3v) is 6.68. The van der Waals surface area contributed by atoms with Gasteiger partial charge in [-0.3, -0.25) is 9.58 Å². The molecule has 1 aliphatic heterocycles. The van der Waals surface area contributed by atoms with Gasteiger partial charge in [-0.25, -0.2) is 8.78 Å². The molecule has 1 aliphatic rings. The SMILES string of the molecule is Cc1nn(Cc2ccc(F)cc2)c(C)c1NC(=S)N1CCN(Cc2c(F)cccc2Cl)CC1. The Kier molecular flexibility index (Phi) is 7.26. The Hall–Kier alpha value is -2.55. The van der Waals surface area contributed by atoms with E-state index in [1.807, 2.05) is 18.5 Å². The monoisotopic (exact) mass is 489 g/mol. The van der Waals surface area contributed by atoms with Gasteiger partial charge in [0, 0.05) is 43.3 Å². The smallest absolute Gasteiger partial charge is 0.173 e. The van der Waals surface area contributed by atoms with Crippen molar-refractivity contribution in [3.63, 3.8) is 0 Å². The van der Waals surface area contributed by atoms with Gasteiger partial charge >= 0.3 is 0 Å². The number of hydrogen-bond donors (Lipinski definition) is 1. The number of aromatic nitrogens is 2. The number of thiocarbonyl (C=S) groups is 1. The predicted octanol–water partition coefficient (Wildman–Crippen LogP) is 4.99. The van der Waals surface area contributed by atoms with Gasteiger partial charge in [-0.1, -0.05) is 29.8 Å². The molecule has 0 saturated carbocycles. The average Bonchev–Trinajstić information content (AvgIpc) is 3.05. The average molecular weight is 490 g/mol. The molecule has 0 aliphatic carbocycles. The van der Waals surface area contributed by atoms with Crippen LogP contribution in [0.25, 0.3) is 0 Å². The summed E-state index contributed by atoms with van der Waals surface area (Å²) in [6.45, 7) is 7.95. The second kappa shape index (κ2) is 10.2. The highest BCUT2D eigenvalue weighted by molar-refractivity contribution is 7.80. The number of halogens is 3. The highest BCUT2D eigenvalue weighted by Gasteiger charge is 2.22. The van der Waals surface area contributed by atoms with Gasteiger partial charge in [0.1, 0.15) is 11.6 Å². The lowest BCUT2D eigenvalue weighted by Crippen LogP contribution is -2.49. The molecule has 0 bridgehead atoms. The van der Waals surface area contributed by atoms with Crippen LogP contribution >= 0.6 is 23.8 Å². The summed E-state index contributed by atoms with van der Waals surface area (Å²) in [5.74, 6) is -0.525. The van der Waals surface area contributed by atoms with Gasteiger partial charge < -0.3 is 10.2 Å². The van der Waals surface area contributed by atoms with E-state index in [2.05, 4.69) is 20.2 Å². The summed E-state index contributed by atoms with van der Waals surface area (Å²) in [5, 5.41) is 9.09. The second-order valence-electron chi connectivity index (χ2n) is 8.22. The van der Waals surface area contributed by atoms with Gasteiger partial charge in [0.05, 0.1) is 23.6 Å². The van der Waals surface area contributed by atoms with Crippen LogP contribution in [-0.4, -0.2) is 50.9 Å². The maximum atomic E-state index is 14.1. The first-order valence-corrected chi connectivity index (χ1v) is 11.6. The molecule has 9 heteroatoms. The molecule has 0 spiro atoms. The lowest BCUT2D eigenvalue weighted by molar-refractivity contribution is 0.175. The van der Waals surface area contributed by atoms with Crippen LogP contribution in [0.3, 0.4) is 0 Å². The van der Waals surface area contributed by atoms with Gasteiger partial charge in [-0.2, -0.15) is 5.10 Å². The second-order valence-corrected chi connectivity index (χ2v) is 9.02. The van der Waals surface area contributed by atoms with Gasteiger partial charge in [-0.05, 0) is 55.9 Å². The molecule has 1 aromatic heterocycles. The number of benzene rings is 2. The van der Waals surface area contributed by atoms with E-state index in [0.717, 1.165) is 48.8 Å². The van der Waals surface area contributed by atoms with Gasteiger partial charge in [0.25, 0.3) is 0 Å². The normalized spacial score (nSPS) is 14.5. The van der Waals surface area contributed by atoms with Crippen molar-refractivity contribution in [1.82, 2.24) is 19.6 Å².